The molecule has 0 spiro atoms. The monoisotopic (exact) mass is 172 g/mol. The SMILES string of the molecule is CO[C@H]1CC[C@H](C(=O)O)[C@H](C)C1. The topological polar surface area (TPSA) is 46.5 Å². The first-order valence-electron chi connectivity index (χ1n) is 4.40. The molecule has 3 nitrogen and oxygen atoms in total. The van der Waals surface area contributed by atoms with E-state index in [-0.39, 0.29) is 17.9 Å². The molecule has 0 aromatic carbocycles. The number of rotatable bonds is 2. The summed E-state index contributed by atoms with van der Waals surface area (Å²) in [4.78, 5) is 10.7. The van der Waals surface area contributed by atoms with Gasteiger partial charge < -0.3 is 9.84 Å². The predicted octanol–water partition coefficient (Wildman–Crippen LogP) is 1.52. The van der Waals surface area contributed by atoms with Gasteiger partial charge in [0, 0.05) is 7.11 Å². The normalized spacial score (nSPS) is 36.3. The summed E-state index contributed by atoms with van der Waals surface area (Å²) in [6.07, 6.45) is 2.80. The van der Waals surface area contributed by atoms with Gasteiger partial charge in [0.15, 0.2) is 0 Å². The van der Waals surface area contributed by atoms with E-state index in [9.17, 15) is 4.79 Å². The van der Waals surface area contributed by atoms with Crippen molar-refractivity contribution in [1.82, 2.24) is 0 Å². The van der Waals surface area contributed by atoms with Crippen LogP contribution in [0.2, 0.25) is 0 Å². The van der Waals surface area contributed by atoms with Gasteiger partial charge in [0.2, 0.25) is 0 Å². The molecule has 3 heteroatoms. The van der Waals surface area contributed by atoms with Crippen molar-refractivity contribution in [1.29, 1.82) is 0 Å². The minimum absolute atomic E-state index is 0.156. The largest absolute Gasteiger partial charge is 0.481 e. The third-order valence-corrected chi connectivity index (χ3v) is 2.77. The molecular weight excluding hydrogens is 156 g/mol. The summed E-state index contributed by atoms with van der Waals surface area (Å²) in [5.41, 5.74) is 0. The average Bonchev–Trinajstić information content (AvgIpc) is 2.03. The van der Waals surface area contributed by atoms with Crippen LogP contribution in [0.3, 0.4) is 0 Å². The summed E-state index contributed by atoms with van der Waals surface area (Å²) in [6, 6.07) is 0. The van der Waals surface area contributed by atoms with Gasteiger partial charge in [-0.25, -0.2) is 0 Å². The lowest BCUT2D eigenvalue weighted by molar-refractivity contribution is -0.145. The van der Waals surface area contributed by atoms with Gasteiger partial charge in [-0.1, -0.05) is 6.92 Å². The zero-order chi connectivity index (χ0) is 9.14. The minimum Gasteiger partial charge on any atom is -0.481 e. The molecule has 0 aliphatic heterocycles. The molecule has 1 saturated carbocycles. The Hall–Kier alpha value is -0.570. The Balaban J connectivity index is 2.47. The summed E-state index contributed by atoms with van der Waals surface area (Å²) >= 11 is 0. The number of methoxy groups -OCH3 is 1. The maximum Gasteiger partial charge on any atom is 0.306 e. The van der Waals surface area contributed by atoms with Crippen LogP contribution < -0.4 is 0 Å². The van der Waals surface area contributed by atoms with Gasteiger partial charge in [0.05, 0.1) is 12.0 Å². The van der Waals surface area contributed by atoms with Crippen LogP contribution in [0.15, 0.2) is 0 Å². The molecule has 1 aliphatic carbocycles. The molecular formula is C9H16O3. The maximum atomic E-state index is 10.7. The highest BCUT2D eigenvalue weighted by Crippen LogP contribution is 2.31. The molecule has 1 rings (SSSR count). The molecule has 0 aromatic rings. The average molecular weight is 172 g/mol. The van der Waals surface area contributed by atoms with Gasteiger partial charge in [0.25, 0.3) is 0 Å². The van der Waals surface area contributed by atoms with Crippen molar-refractivity contribution >= 4 is 5.97 Å². The quantitative estimate of drug-likeness (QED) is 0.687. The lowest BCUT2D eigenvalue weighted by Crippen LogP contribution is -2.31. The fourth-order valence-corrected chi connectivity index (χ4v) is 1.93. The Morgan fingerprint density at radius 1 is 1.50 bits per heavy atom. The van der Waals surface area contributed by atoms with Gasteiger partial charge in [-0.3, -0.25) is 4.79 Å². The van der Waals surface area contributed by atoms with Crippen molar-refractivity contribution in [3.8, 4) is 0 Å². The fraction of sp³-hybridized carbons (Fsp3) is 0.889. The van der Waals surface area contributed by atoms with Gasteiger partial charge >= 0.3 is 5.97 Å². The number of carboxylic acids is 1. The lowest BCUT2D eigenvalue weighted by Gasteiger charge is -2.30. The van der Waals surface area contributed by atoms with E-state index in [0.29, 0.717) is 0 Å². The van der Waals surface area contributed by atoms with Crippen LogP contribution in [-0.4, -0.2) is 24.3 Å². The molecule has 12 heavy (non-hydrogen) atoms. The summed E-state index contributed by atoms with van der Waals surface area (Å²) in [7, 11) is 1.69. The Labute approximate surface area is 72.7 Å². The van der Waals surface area contributed by atoms with Crippen molar-refractivity contribution in [3.05, 3.63) is 0 Å². The van der Waals surface area contributed by atoms with Crippen LogP contribution in [0.1, 0.15) is 26.2 Å². The van der Waals surface area contributed by atoms with Crippen LogP contribution in [0.5, 0.6) is 0 Å². The number of ether oxygens (including phenoxy) is 1. The van der Waals surface area contributed by atoms with E-state index in [1.54, 1.807) is 7.11 Å². The Kier molecular flexibility index (Phi) is 3.09. The van der Waals surface area contributed by atoms with Gasteiger partial charge in [-0.15, -0.1) is 0 Å². The standard InChI is InChI=1S/C9H16O3/c1-6-5-7(12-2)3-4-8(6)9(10)11/h6-8H,3-5H2,1-2H3,(H,10,11)/t6-,7+,8+/m1/s1. The van der Waals surface area contributed by atoms with Crippen molar-refractivity contribution in [3.63, 3.8) is 0 Å². The van der Waals surface area contributed by atoms with E-state index in [0.717, 1.165) is 19.3 Å². The lowest BCUT2D eigenvalue weighted by atomic mass is 9.79. The fourth-order valence-electron chi connectivity index (χ4n) is 1.93. The third kappa shape index (κ3) is 1.97. The van der Waals surface area contributed by atoms with Gasteiger partial charge in [0.1, 0.15) is 0 Å². The first-order chi connectivity index (χ1) is 5.65. The summed E-state index contributed by atoms with van der Waals surface area (Å²) in [5.74, 6) is -0.561. The van der Waals surface area contributed by atoms with Crippen LogP contribution in [0, 0.1) is 11.8 Å². The molecule has 0 bridgehead atoms. The van der Waals surface area contributed by atoms with Crippen molar-refractivity contribution in [2.45, 2.75) is 32.3 Å². The third-order valence-electron chi connectivity index (χ3n) is 2.77. The smallest absolute Gasteiger partial charge is 0.306 e. The van der Waals surface area contributed by atoms with Crippen LogP contribution in [0.4, 0.5) is 0 Å². The number of carboxylic acid groups (broad SMARTS) is 1. The van der Waals surface area contributed by atoms with E-state index in [4.69, 9.17) is 9.84 Å². The maximum absolute atomic E-state index is 10.7. The summed E-state index contributed by atoms with van der Waals surface area (Å²) in [5, 5.41) is 8.83. The highest BCUT2D eigenvalue weighted by Gasteiger charge is 2.31. The highest BCUT2D eigenvalue weighted by atomic mass is 16.5. The van der Waals surface area contributed by atoms with E-state index in [2.05, 4.69) is 0 Å². The van der Waals surface area contributed by atoms with Crippen LogP contribution >= 0.6 is 0 Å². The zero-order valence-corrected chi connectivity index (χ0v) is 7.62. The molecule has 1 aliphatic rings. The van der Waals surface area contributed by atoms with E-state index < -0.39 is 5.97 Å². The molecule has 70 valence electrons. The van der Waals surface area contributed by atoms with Crippen molar-refractivity contribution in [2.24, 2.45) is 11.8 Å². The molecule has 1 N–H and O–H groups in total. The number of hydrogen-bond acceptors (Lipinski definition) is 2. The molecule has 0 amide bonds. The molecule has 0 heterocycles. The predicted molar refractivity (Wildman–Crippen MR) is 44.9 cm³/mol. The minimum atomic E-state index is -0.656. The molecule has 0 aromatic heterocycles. The molecule has 0 unspecified atom stereocenters. The molecule has 0 saturated heterocycles. The summed E-state index contributed by atoms with van der Waals surface area (Å²) < 4.78 is 5.20. The van der Waals surface area contributed by atoms with E-state index in [1.165, 1.54) is 0 Å². The van der Waals surface area contributed by atoms with Crippen molar-refractivity contribution < 1.29 is 14.6 Å². The van der Waals surface area contributed by atoms with E-state index >= 15 is 0 Å². The second-order valence-corrected chi connectivity index (χ2v) is 3.59. The number of carbonyl (C=O) groups is 1. The highest BCUT2D eigenvalue weighted by molar-refractivity contribution is 5.70. The molecule has 0 radical (unpaired) electrons. The van der Waals surface area contributed by atoms with Gasteiger partial charge in [-0.2, -0.15) is 0 Å². The van der Waals surface area contributed by atoms with E-state index in [1.807, 2.05) is 6.92 Å². The van der Waals surface area contributed by atoms with Gasteiger partial charge in [-0.05, 0) is 25.2 Å². The second kappa shape index (κ2) is 3.90. The number of hydrogen-bond donors (Lipinski definition) is 1. The Morgan fingerprint density at radius 2 is 2.17 bits per heavy atom. The van der Waals surface area contributed by atoms with Crippen molar-refractivity contribution in [2.75, 3.05) is 7.11 Å². The zero-order valence-electron chi connectivity index (χ0n) is 7.62. The molecule has 1 fully saturated rings. The first kappa shape index (κ1) is 9.52. The van der Waals surface area contributed by atoms with Crippen LogP contribution in [0.25, 0.3) is 0 Å². The first-order valence-corrected chi connectivity index (χ1v) is 4.40. The Morgan fingerprint density at radius 3 is 2.58 bits per heavy atom. The van der Waals surface area contributed by atoms with Crippen LogP contribution in [-0.2, 0) is 9.53 Å². The second-order valence-electron chi connectivity index (χ2n) is 3.59. The molecule has 3 atom stereocenters. The Bertz CT molecular complexity index is 167. The number of aliphatic carboxylic acids is 1. The summed E-state index contributed by atoms with van der Waals surface area (Å²) in [6.45, 7) is 1.99.